The molecule has 0 aromatic rings. The van der Waals surface area contributed by atoms with Gasteiger partial charge in [0.2, 0.25) is 5.91 Å². The molecule has 1 amide bonds. The maximum atomic E-state index is 12.4. The van der Waals surface area contributed by atoms with Crippen LogP contribution in [0.2, 0.25) is 0 Å². The lowest BCUT2D eigenvalue weighted by Crippen LogP contribution is -2.54. The molecule has 0 bridgehead atoms. The van der Waals surface area contributed by atoms with Gasteiger partial charge in [0.15, 0.2) is 0 Å². The third kappa shape index (κ3) is 2.74. The summed E-state index contributed by atoms with van der Waals surface area (Å²) in [7, 11) is 0. The predicted molar refractivity (Wildman–Crippen MR) is 68.8 cm³/mol. The van der Waals surface area contributed by atoms with Gasteiger partial charge in [0.05, 0.1) is 13.2 Å². The first kappa shape index (κ1) is 14.3. The Morgan fingerprint density at radius 2 is 2.32 bits per heavy atom. The van der Waals surface area contributed by atoms with Gasteiger partial charge in [0.25, 0.3) is 0 Å². The zero-order valence-electron chi connectivity index (χ0n) is 11.4. The minimum absolute atomic E-state index is 0.00482. The Bertz CT molecular complexity index is 355. The maximum Gasteiger partial charge on any atom is 0.329 e. The van der Waals surface area contributed by atoms with Gasteiger partial charge in [-0.15, -0.1) is 0 Å². The van der Waals surface area contributed by atoms with Crippen molar-refractivity contribution in [2.24, 2.45) is 0 Å². The Kier molecular flexibility index (Phi) is 4.42. The van der Waals surface area contributed by atoms with Crippen LogP contribution in [0.3, 0.4) is 0 Å². The molecule has 0 aliphatic carbocycles. The van der Waals surface area contributed by atoms with Crippen molar-refractivity contribution in [3.05, 3.63) is 0 Å². The van der Waals surface area contributed by atoms with Crippen LogP contribution in [0.4, 0.5) is 0 Å². The molecular weight excluding hydrogens is 248 g/mol. The van der Waals surface area contributed by atoms with E-state index in [4.69, 9.17) is 4.74 Å². The minimum atomic E-state index is -0.993. The number of hydrogen-bond donors (Lipinski definition) is 2. The highest BCUT2D eigenvalue weighted by Gasteiger charge is 2.48. The first-order valence-electron chi connectivity index (χ1n) is 6.95. The maximum absolute atomic E-state index is 12.4. The standard InChI is InChI=1S/C13H22N2O4/c1-2-13(12(17)18)4-3-6-15(13)11(16)8-10-9-19-7-5-14-10/h10,14H,2-9H2,1H3,(H,17,18). The monoisotopic (exact) mass is 270 g/mol. The van der Waals surface area contributed by atoms with E-state index in [9.17, 15) is 14.7 Å². The highest BCUT2D eigenvalue weighted by molar-refractivity contribution is 5.88. The van der Waals surface area contributed by atoms with Gasteiger partial charge in [-0.3, -0.25) is 4.79 Å². The Hall–Kier alpha value is -1.14. The summed E-state index contributed by atoms with van der Waals surface area (Å²) in [6.07, 6.45) is 2.09. The van der Waals surface area contributed by atoms with Crippen LogP contribution in [-0.4, -0.2) is 59.8 Å². The van der Waals surface area contributed by atoms with Crippen molar-refractivity contribution >= 4 is 11.9 Å². The number of nitrogens with one attached hydrogen (secondary N) is 1. The molecule has 2 unspecified atom stereocenters. The number of morpholine rings is 1. The van der Waals surface area contributed by atoms with E-state index in [1.165, 1.54) is 0 Å². The fourth-order valence-corrected chi connectivity index (χ4v) is 3.06. The number of carbonyl (C=O) groups is 2. The quantitative estimate of drug-likeness (QED) is 0.764. The van der Waals surface area contributed by atoms with Crippen LogP contribution in [0.5, 0.6) is 0 Å². The van der Waals surface area contributed by atoms with Crippen molar-refractivity contribution in [3.8, 4) is 0 Å². The van der Waals surface area contributed by atoms with Crippen molar-refractivity contribution in [3.63, 3.8) is 0 Å². The largest absolute Gasteiger partial charge is 0.479 e. The SMILES string of the molecule is CCC1(C(=O)O)CCCN1C(=O)CC1COCCN1. The molecule has 2 N–H and O–H groups in total. The third-order valence-corrected chi connectivity index (χ3v) is 4.19. The summed E-state index contributed by atoms with van der Waals surface area (Å²) in [5.74, 6) is -0.960. The average Bonchev–Trinajstić information content (AvgIpc) is 2.85. The molecule has 0 spiro atoms. The van der Waals surface area contributed by atoms with Gasteiger partial charge in [0, 0.05) is 25.6 Å². The fourth-order valence-electron chi connectivity index (χ4n) is 3.06. The Morgan fingerprint density at radius 3 is 2.89 bits per heavy atom. The lowest BCUT2D eigenvalue weighted by molar-refractivity contribution is -0.157. The first-order chi connectivity index (χ1) is 9.10. The Balaban J connectivity index is 2.02. The van der Waals surface area contributed by atoms with Crippen molar-refractivity contribution in [1.82, 2.24) is 10.2 Å². The highest BCUT2D eigenvalue weighted by atomic mass is 16.5. The molecule has 2 aliphatic heterocycles. The third-order valence-electron chi connectivity index (χ3n) is 4.19. The number of amides is 1. The zero-order valence-corrected chi connectivity index (χ0v) is 11.4. The highest BCUT2D eigenvalue weighted by Crippen LogP contribution is 2.33. The Morgan fingerprint density at radius 1 is 1.53 bits per heavy atom. The number of hydrogen-bond acceptors (Lipinski definition) is 4. The summed E-state index contributed by atoms with van der Waals surface area (Å²) >= 11 is 0. The molecule has 19 heavy (non-hydrogen) atoms. The summed E-state index contributed by atoms with van der Waals surface area (Å²) < 4.78 is 5.32. The number of carboxylic acids is 1. The van der Waals surface area contributed by atoms with E-state index in [1.54, 1.807) is 4.90 Å². The molecule has 108 valence electrons. The number of aliphatic carboxylic acids is 1. The molecule has 0 radical (unpaired) electrons. The van der Waals surface area contributed by atoms with Crippen LogP contribution >= 0.6 is 0 Å². The van der Waals surface area contributed by atoms with E-state index in [2.05, 4.69) is 5.32 Å². The van der Waals surface area contributed by atoms with Crippen molar-refractivity contribution < 1.29 is 19.4 Å². The molecule has 6 nitrogen and oxygen atoms in total. The zero-order chi connectivity index (χ0) is 13.9. The van der Waals surface area contributed by atoms with Gasteiger partial charge in [-0.1, -0.05) is 6.92 Å². The second-order valence-corrected chi connectivity index (χ2v) is 5.27. The normalized spacial score (nSPS) is 31.4. The summed E-state index contributed by atoms with van der Waals surface area (Å²) in [6, 6.07) is 0.00482. The van der Waals surface area contributed by atoms with E-state index >= 15 is 0 Å². The number of carbonyl (C=O) groups excluding carboxylic acids is 1. The van der Waals surface area contributed by atoms with E-state index in [0.717, 1.165) is 13.0 Å². The second kappa shape index (κ2) is 5.88. The van der Waals surface area contributed by atoms with Crippen LogP contribution in [0, 0.1) is 0 Å². The lowest BCUT2D eigenvalue weighted by Gasteiger charge is -2.35. The smallest absolute Gasteiger partial charge is 0.329 e. The predicted octanol–water partition coefficient (Wildman–Crippen LogP) is 0.221. The van der Waals surface area contributed by atoms with E-state index < -0.39 is 11.5 Å². The van der Waals surface area contributed by atoms with E-state index in [1.807, 2.05) is 6.92 Å². The molecule has 2 aliphatic rings. The molecule has 0 aromatic heterocycles. The van der Waals surface area contributed by atoms with Crippen molar-refractivity contribution in [2.45, 2.75) is 44.2 Å². The van der Waals surface area contributed by atoms with Crippen LogP contribution in [0.15, 0.2) is 0 Å². The van der Waals surface area contributed by atoms with Gasteiger partial charge in [-0.2, -0.15) is 0 Å². The topological polar surface area (TPSA) is 78.9 Å². The minimum Gasteiger partial charge on any atom is -0.479 e. The summed E-state index contributed by atoms with van der Waals surface area (Å²) in [5.41, 5.74) is -0.993. The van der Waals surface area contributed by atoms with Gasteiger partial charge in [-0.25, -0.2) is 4.79 Å². The summed E-state index contributed by atoms with van der Waals surface area (Å²) in [4.78, 5) is 25.4. The molecule has 2 saturated heterocycles. The van der Waals surface area contributed by atoms with Crippen LogP contribution in [-0.2, 0) is 14.3 Å². The van der Waals surface area contributed by atoms with Gasteiger partial charge in [0.1, 0.15) is 5.54 Å². The van der Waals surface area contributed by atoms with E-state index in [0.29, 0.717) is 39.0 Å². The molecular formula is C13H22N2O4. The average molecular weight is 270 g/mol. The summed E-state index contributed by atoms with van der Waals surface area (Å²) in [6.45, 7) is 4.32. The van der Waals surface area contributed by atoms with Gasteiger partial charge < -0.3 is 20.1 Å². The number of ether oxygens (including phenoxy) is 1. The first-order valence-corrected chi connectivity index (χ1v) is 6.95. The van der Waals surface area contributed by atoms with Crippen LogP contribution in [0.1, 0.15) is 32.6 Å². The number of carboxylic acid groups (broad SMARTS) is 1. The molecule has 0 aromatic carbocycles. The molecule has 6 heteroatoms. The lowest BCUT2D eigenvalue weighted by atomic mass is 9.92. The second-order valence-electron chi connectivity index (χ2n) is 5.27. The molecule has 0 saturated carbocycles. The van der Waals surface area contributed by atoms with Crippen LogP contribution in [0.25, 0.3) is 0 Å². The molecule has 2 heterocycles. The van der Waals surface area contributed by atoms with E-state index in [-0.39, 0.29) is 11.9 Å². The fraction of sp³-hybridized carbons (Fsp3) is 0.846. The van der Waals surface area contributed by atoms with Gasteiger partial charge >= 0.3 is 5.97 Å². The molecule has 2 fully saturated rings. The van der Waals surface area contributed by atoms with Crippen molar-refractivity contribution in [1.29, 1.82) is 0 Å². The van der Waals surface area contributed by atoms with Gasteiger partial charge in [-0.05, 0) is 19.3 Å². The number of nitrogens with zero attached hydrogens (tertiary/aromatic N) is 1. The molecule has 2 atom stereocenters. The van der Waals surface area contributed by atoms with Crippen LogP contribution < -0.4 is 5.32 Å². The Labute approximate surface area is 113 Å². The summed E-state index contributed by atoms with van der Waals surface area (Å²) in [5, 5.41) is 12.7. The number of rotatable bonds is 4. The molecule has 2 rings (SSSR count). The number of likely N-dealkylation sites (tertiary alicyclic amines) is 1. The van der Waals surface area contributed by atoms with Crippen molar-refractivity contribution in [2.75, 3.05) is 26.3 Å².